The Hall–Kier alpha value is -2.97. The summed E-state index contributed by atoms with van der Waals surface area (Å²) in [4.78, 5) is 38.7. The minimum absolute atomic E-state index is 0.0783. The largest absolute Gasteiger partial charge is 0.349 e. The van der Waals surface area contributed by atoms with Crippen LogP contribution in [0.2, 0.25) is 10.0 Å². The van der Waals surface area contributed by atoms with E-state index in [0.717, 1.165) is 12.1 Å². The van der Waals surface area contributed by atoms with Gasteiger partial charge in [-0.2, -0.15) is 8.78 Å². The van der Waals surface area contributed by atoms with Crippen LogP contribution in [0.5, 0.6) is 0 Å². The number of halogens is 4. The molecule has 10 heteroatoms. The number of hydrogen-bond acceptors (Lipinski definition) is 3. The molecular formula is C23H19Cl2F2N3O3. The second-order valence-corrected chi connectivity index (χ2v) is 8.77. The molecule has 0 aliphatic carbocycles. The van der Waals surface area contributed by atoms with Crippen LogP contribution in [0.4, 0.5) is 8.78 Å². The topological polar surface area (TPSA) is 78.5 Å². The second-order valence-electron chi connectivity index (χ2n) is 7.96. The quantitative estimate of drug-likeness (QED) is 0.656. The van der Waals surface area contributed by atoms with E-state index >= 15 is 0 Å². The summed E-state index contributed by atoms with van der Waals surface area (Å²) in [5.74, 6) is -5.84. The first-order chi connectivity index (χ1) is 15.6. The first-order valence-corrected chi connectivity index (χ1v) is 10.9. The Balaban J connectivity index is 1.44. The van der Waals surface area contributed by atoms with E-state index in [1.807, 2.05) is 0 Å². The Morgan fingerprint density at radius 3 is 2.64 bits per heavy atom. The fourth-order valence-corrected chi connectivity index (χ4v) is 4.23. The number of rotatable bonds is 5. The van der Waals surface area contributed by atoms with Gasteiger partial charge in [0.05, 0.1) is 10.0 Å². The lowest BCUT2D eigenvalue weighted by molar-refractivity contribution is -0.147. The van der Waals surface area contributed by atoms with E-state index in [4.69, 9.17) is 23.2 Å². The molecule has 2 aliphatic rings. The molecule has 2 aromatic carbocycles. The molecule has 1 fully saturated rings. The molecule has 2 N–H and O–H groups in total. The van der Waals surface area contributed by atoms with Crippen LogP contribution in [-0.2, 0) is 28.6 Å². The van der Waals surface area contributed by atoms with Crippen molar-refractivity contribution in [3.05, 3.63) is 81.0 Å². The Kier molecular flexibility index (Phi) is 6.16. The molecule has 3 amide bonds. The number of hydrogen-bond donors (Lipinski definition) is 2. The van der Waals surface area contributed by atoms with Crippen molar-refractivity contribution in [2.75, 3.05) is 0 Å². The average Bonchev–Trinajstić information content (AvgIpc) is 3.09. The molecule has 0 saturated carbocycles. The zero-order valence-electron chi connectivity index (χ0n) is 17.3. The summed E-state index contributed by atoms with van der Waals surface area (Å²) in [5, 5.41) is 4.92. The van der Waals surface area contributed by atoms with Gasteiger partial charge in [0.2, 0.25) is 5.91 Å². The minimum Gasteiger partial charge on any atom is -0.346 e. The highest BCUT2D eigenvalue weighted by atomic mass is 35.5. The molecule has 172 valence electrons. The molecular weight excluding hydrogens is 475 g/mol. The maximum Gasteiger partial charge on any atom is 0.349 e. The number of piperidine rings is 1. The zero-order chi connectivity index (χ0) is 23.9. The van der Waals surface area contributed by atoms with Crippen molar-refractivity contribution in [3.8, 4) is 0 Å². The van der Waals surface area contributed by atoms with Gasteiger partial charge in [-0.25, -0.2) is 0 Å². The molecule has 4 rings (SSSR count). The van der Waals surface area contributed by atoms with E-state index < -0.39 is 23.4 Å². The summed E-state index contributed by atoms with van der Waals surface area (Å²) >= 11 is 11.5. The molecule has 2 heterocycles. The summed E-state index contributed by atoms with van der Waals surface area (Å²) in [6.07, 6.45) is 1.07. The van der Waals surface area contributed by atoms with E-state index in [2.05, 4.69) is 17.2 Å². The van der Waals surface area contributed by atoms with Crippen LogP contribution in [0.15, 0.2) is 48.7 Å². The van der Waals surface area contributed by atoms with E-state index in [0.29, 0.717) is 35.2 Å². The lowest BCUT2D eigenvalue weighted by Crippen LogP contribution is -2.49. The highest BCUT2D eigenvalue weighted by molar-refractivity contribution is 6.42. The summed E-state index contributed by atoms with van der Waals surface area (Å²) in [6.45, 7) is 3.80. The second kappa shape index (κ2) is 8.76. The third-order valence-corrected chi connectivity index (χ3v) is 6.46. The van der Waals surface area contributed by atoms with Gasteiger partial charge >= 0.3 is 5.92 Å². The van der Waals surface area contributed by atoms with Crippen molar-refractivity contribution in [1.82, 2.24) is 15.5 Å². The third-order valence-electron chi connectivity index (χ3n) is 5.72. The fraction of sp³-hybridized carbons (Fsp3) is 0.261. The monoisotopic (exact) mass is 493 g/mol. The first kappa shape index (κ1) is 23.2. The molecule has 0 radical (unpaired) electrons. The number of allylic oxidation sites excluding steroid dienone is 1. The molecule has 0 aromatic heterocycles. The molecule has 6 nitrogen and oxygen atoms in total. The van der Waals surface area contributed by atoms with Crippen LogP contribution in [-0.4, -0.2) is 28.7 Å². The van der Waals surface area contributed by atoms with Crippen molar-refractivity contribution in [2.45, 2.75) is 37.9 Å². The van der Waals surface area contributed by atoms with Gasteiger partial charge in [-0.05, 0) is 42.2 Å². The van der Waals surface area contributed by atoms with Crippen molar-refractivity contribution in [3.63, 3.8) is 0 Å². The van der Waals surface area contributed by atoms with Gasteiger partial charge in [-0.15, -0.1) is 0 Å². The van der Waals surface area contributed by atoms with Crippen molar-refractivity contribution in [1.29, 1.82) is 0 Å². The molecule has 2 aliphatic heterocycles. The predicted octanol–water partition coefficient (Wildman–Crippen LogP) is 4.15. The minimum atomic E-state index is -3.81. The lowest BCUT2D eigenvalue weighted by atomic mass is 10.0. The van der Waals surface area contributed by atoms with E-state index in [1.54, 1.807) is 18.2 Å². The fourth-order valence-electron chi connectivity index (χ4n) is 3.93. The zero-order valence-corrected chi connectivity index (χ0v) is 18.8. The van der Waals surface area contributed by atoms with Crippen LogP contribution in [0, 0.1) is 0 Å². The molecule has 2 aromatic rings. The Morgan fingerprint density at radius 2 is 1.94 bits per heavy atom. The smallest absolute Gasteiger partial charge is 0.346 e. The molecule has 0 spiro atoms. The van der Waals surface area contributed by atoms with Crippen molar-refractivity contribution >= 4 is 40.9 Å². The van der Waals surface area contributed by atoms with Gasteiger partial charge < -0.3 is 15.5 Å². The number of nitrogens with zero attached hydrogens (tertiary/aromatic N) is 1. The Bertz CT molecular complexity index is 1190. The molecule has 1 atom stereocenters. The molecule has 33 heavy (non-hydrogen) atoms. The number of alkyl halides is 2. The van der Waals surface area contributed by atoms with Gasteiger partial charge in [0, 0.05) is 29.9 Å². The van der Waals surface area contributed by atoms with Gasteiger partial charge in [0.15, 0.2) is 0 Å². The third kappa shape index (κ3) is 4.45. The van der Waals surface area contributed by atoms with Crippen LogP contribution in [0.25, 0.3) is 0 Å². The molecule has 1 unspecified atom stereocenters. The maximum atomic E-state index is 14.5. The average molecular weight is 494 g/mol. The lowest BCUT2D eigenvalue weighted by Gasteiger charge is -2.30. The Labute approximate surface area is 198 Å². The normalized spacial score (nSPS) is 18.2. The van der Waals surface area contributed by atoms with Gasteiger partial charge in [0.25, 0.3) is 11.8 Å². The number of nitrogens with one attached hydrogen (secondary N) is 2. The summed E-state index contributed by atoms with van der Waals surface area (Å²) in [6, 6.07) is 7.44. The SMILES string of the molecule is C=C1CCC(N2Cc3cc(CNC(=O)C(F)(F)c4ccc(Cl)c(Cl)c4)ccc3C2=O)C(=O)N1. The predicted molar refractivity (Wildman–Crippen MR) is 119 cm³/mol. The van der Waals surface area contributed by atoms with Gasteiger partial charge in [0.1, 0.15) is 6.04 Å². The number of fused-ring (bicyclic) bond motifs is 1. The van der Waals surface area contributed by atoms with Gasteiger partial charge in [-0.1, -0.05) is 48.0 Å². The standard InChI is InChI=1S/C23H19Cl2F2N3O3/c1-12-2-7-19(20(31)29-12)30-11-14-8-13(3-5-16(14)21(30)32)10-28-22(33)23(26,27)15-4-6-17(24)18(25)9-15/h3-6,8-9,19H,1-2,7,10-11H2,(H,28,33)(H,29,31). The molecule has 0 bridgehead atoms. The van der Waals surface area contributed by atoms with Crippen LogP contribution < -0.4 is 10.6 Å². The summed E-state index contributed by atoms with van der Waals surface area (Å²) < 4.78 is 29.1. The maximum absolute atomic E-state index is 14.5. The van der Waals surface area contributed by atoms with Crippen molar-refractivity contribution in [2.24, 2.45) is 0 Å². The van der Waals surface area contributed by atoms with E-state index in [-0.39, 0.29) is 34.9 Å². The number of carbonyl (C=O) groups is 3. The number of amides is 3. The first-order valence-electron chi connectivity index (χ1n) is 10.1. The summed E-state index contributed by atoms with van der Waals surface area (Å²) in [7, 11) is 0. The highest BCUT2D eigenvalue weighted by Gasteiger charge is 2.41. The van der Waals surface area contributed by atoms with E-state index in [9.17, 15) is 23.2 Å². The van der Waals surface area contributed by atoms with Crippen LogP contribution in [0.1, 0.15) is 39.9 Å². The number of benzene rings is 2. The van der Waals surface area contributed by atoms with Crippen LogP contribution >= 0.6 is 23.2 Å². The molecule has 1 saturated heterocycles. The van der Waals surface area contributed by atoms with Crippen LogP contribution in [0.3, 0.4) is 0 Å². The highest BCUT2D eigenvalue weighted by Crippen LogP contribution is 2.33. The van der Waals surface area contributed by atoms with E-state index in [1.165, 1.54) is 11.0 Å². The Morgan fingerprint density at radius 1 is 1.18 bits per heavy atom. The summed E-state index contributed by atoms with van der Waals surface area (Å²) in [5.41, 5.74) is 1.71. The number of carbonyl (C=O) groups excluding carboxylic acids is 3. The van der Waals surface area contributed by atoms with Crippen molar-refractivity contribution < 1.29 is 23.2 Å². The van der Waals surface area contributed by atoms with Gasteiger partial charge in [-0.3, -0.25) is 14.4 Å².